The molecule has 1 amide bonds. The molecule has 0 saturated carbocycles. The number of benzene rings is 1. The van der Waals surface area contributed by atoms with Crippen LogP contribution in [0.4, 0.5) is 0 Å². The fourth-order valence-electron chi connectivity index (χ4n) is 2.39. The summed E-state index contributed by atoms with van der Waals surface area (Å²) in [4.78, 5) is 12.6. The molecule has 0 bridgehead atoms. The van der Waals surface area contributed by atoms with Crippen LogP contribution in [0.15, 0.2) is 41.8 Å². The number of hydrogen-bond acceptors (Lipinski definition) is 3. The van der Waals surface area contributed by atoms with Gasteiger partial charge in [0.15, 0.2) is 0 Å². The molecule has 0 aliphatic heterocycles. The van der Waals surface area contributed by atoms with E-state index in [0.29, 0.717) is 0 Å². The van der Waals surface area contributed by atoms with Crippen LogP contribution < -0.4 is 11.1 Å². The summed E-state index contributed by atoms with van der Waals surface area (Å²) in [5.74, 6) is -0.332. The van der Waals surface area contributed by atoms with Crippen LogP contribution in [0.1, 0.15) is 48.7 Å². The third-order valence-corrected chi connectivity index (χ3v) is 4.74. The minimum Gasteiger partial charge on any atom is -0.368 e. The lowest BCUT2D eigenvalue weighted by Gasteiger charge is -2.21. The van der Waals surface area contributed by atoms with Crippen molar-refractivity contribution in [3.63, 3.8) is 0 Å². The van der Waals surface area contributed by atoms with Crippen molar-refractivity contribution in [2.45, 2.75) is 45.2 Å². The van der Waals surface area contributed by atoms with Crippen molar-refractivity contribution in [1.29, 1.82) is 0 Å². The summed E-state index contributed by atoms with van der Waals surface area (Å²) in [6, 6.07) is 12.4. The van der Waals surface area contributed by atoms with Crippen molar-refractivity contribution >= 4 is 17.2 Å². The second-order valence-electron chi connectivity index (χ2n) is 5.58. The smallest absolute Gasteiger partial charge is 0.234 e. The Morgan fingerprint density at radius 3 is 2.55 bits per heavy atom. The van der Waals surface area contributed by atoms with Gasteiger partial charge in [0.05, 0.1) is 12.1 Å². The predicted molar refractivity (Wildman–Crippen MR) is 93.0 cm³/mol. The van der Waals surface area contributed by atoms with Crippen LogP contribution in [0.5, 0.6) is 0 Å². The molecule has 0 aliphatic carbocycles. The van der Waals surface area contributed by atoms with Gasteiger partial charge >= 0.3 is 0 Å². The van der Waals surface area contributed by atoms with Crippen LogP contribution in [0.25, 0.3) is 0 Å². The van der Waals surface area contributed by atoms with E-state index in [9.17, 15) is 4.79 Å². The number of nitrogens with two attached hydrogens (primary N) is 1. The zero-order valence-corrected chi connectivity index (χ0v) is 14.0. The zero-order chi connectivity index (χ0) is 15.9. The number of unbranched alkanes of at least 4 members (excludes halogenated alkanes) is 1. The van der Waals surface area contributed by atoms with E-state index in [1.165, 1.54) is 23.3 Å². The molecule has 0 radical (unpaired) electrons. The normalized spacial score (nSPS) is 13.7. The van der Waals surface area contributed by atoms with E-state index in [0.717, 1.165) is 12.0 Å². The number of amides is 1. The molecule has 0 unspecified atom stereocenters. The van der Waals surface area contributed by atoms with Crippen molar-refractivity contribution in [2.24, 2.45) is 5.73 Å². The molecule has 0 fully saturated rings. The third-order valence-electron chi connectivity index (χ3n) is 3.80. The fraction of sp³-hybridized carbons (Fsp3) is 0.389. The van der Waals surface area contributed by atoms with Crippen molar-refractivity contribution in [2.75, 3.05) is 0 Å². The molecule has 2 atom stereocenters. The van der Waals surface area contributed by atoms with Gasteiger partial charge in [-0.05, 0) is 42.3 Å². The Kier molecular flexibility index (Phi) is 6.16. The SMILES string of the molecule is CCCCc1ccc([C@H](N[C@@H](C)C(N)=O)c2cccs2)cc1. The largest absolute Gasteiger partial charge is 0.368 e. The van der Waals surface area contributed by atoms with Gasteiger partial charge in [0.1, 0.15) is 0 Å². The molecule has 1 aromatic carbocycles. The van der Waals surface area contributed by atoms with E-state index < -0.39 is 0 Å². The molecule has 118 valence electrons. The van der Waals surface area contributed by atoms with Crippen molar-refractivity contribution < 1.29 is 4.79 Å². The standard InChI is InChI=1S/C18H24N2OS/c1-3-4-6-14-8-10-15(11-9-14)17(16-7-5-12-22-16)20-13(2)18(19)21/h5,7-13,17,20H,3-4,6H2,1-2H3,(H2,19,21)/t13-,17-/m0/s1. The minimum atomic E-state index is -0.369. The number of hydrogen-bond donors (Lipinski definition) is 2. The average molecular weight is 316 g/mol. The Morgan fingerprint density at radius 1 is 1.27 bits per heavy atom. The van der Waals surface area contributed by atoms with Crippen LogP contribution in [0, 0.1) is 0 Å². The Labute approximate surface area is 136 Å². The maximum Gasteiger partial charge on any atom is 0.234 e. The predicted octanol–water partition coefficient (Wildman–Crippen LogP) is 3.64. The first-order valence-electron chi connectivity index (χ1n) is 7.79. The lowest BCUT2D eigenvalue weighted by molar-refractivity contribution is -0.119. The third kappa shape index (κ3) is 4.42. The van der Waals surface area contributed by atoms with E-state index in [1.54, 1.807) is 18.3 Å². The van der Waals surface area contributed by atoms with Crippen LogP contribution in [0.2, 0.25) is 0 Å². The Balaban J connectivity index is 2.19. The molecule has 22 heavy (non-hydrogen) atoms. The summed E-state index contributed by atoms with van der Waals surface area (Å²) >= 11 is 1.68. The zero-order valence-electron chi connectivity index (χ0n) is 13.2. The first-order chi connectivity index (χ1) is 10.6. The van der Waals surface area contributed by atoms with Gasteiger partial charge < -0.3 is 5.73 Å². The van der Waals surface area contributed by atoms with Crippen molar-refractivity contribution in [3.8, 4) is 0 Å². The van der Waals surface area contributed by atoms with Crippen molar-refractivity contribution in [3.05, 3.63) is 57.8 Å². The number of carbonyl (C=O) groups is 1. The van der Waals surface area contributed by atoms with E-state index in [1.807, 2.05) is 6.07 Å². The van der Waals surface area contributed by atoms with Gasteiger partial charge in [-0.2, -0.15) is 0 Å². The second kappa shape index (κ2) is 8.11. The molecule has 0 saturated heterocycles. The maximum absolute atomic E-state index is 11.4. The number of thiophene rings is 1. The molecule has 3 nitrogen and oxygen atoms in total. The lowest BCUT2D eigenvalue weighted by atomic mass is 10.0. The number of aryl methyl sites for hydroxylation is 1. The molecule has 0 spiro atoms. The summed E-state index contributed by atoms with van der Waals surface area (Å²) in [7, 11) is 0. The summed E-state index contributed by atoms with van der Waals surface area (Å²) < 4.78 is 0. The molecule has 1 heterocycles. The first-order valence-corrected chi connectivity index (χ1v) is 8.67. The van der Waals surface area contributed by atoms with E-state index in [-0.39, 0.29) is 18.0 Å². The van der Waals surface area contributed by atoms with Gasteiger partial charge in [-0.25, -0.2) is 0 Å². The maximum atomic E-state index is 11.4. The van der Waals surface area contributed by atoms with Crippen LogP contribution in [0.3, 0.4) is 0 Å². The topological polar surface area (TPSA) is 55.1 Å². The molecular weight excluding hydrogens is 292 g/mol. The fourth-order valence-corrected chi connectivity index (χ4v) is 3.20. The van der Waals surface area contributed by atoms with E-state index >= 15 is 0 Å². The van der Waals surface area contributed by atoms with Crippen LogP contribution >= 0.6 is 11.3 Å². The highest BCUT2D eigenvalue weighted by molar-refractivity contribution is 7.10. The second-order valence-corrected chi connectivity index (χ2v) is 6.56. The molecule has 0 aliphatic rings. The highest BCUT2D eigenvalue weighted by atomic mass is 32.1. The lowest BCUT2D eigenvalue weighted by Crippen LogP contribution is -2.40. The van der Waals surface area contributed by atoms with Gasteiger partial charge in [-0.15, -0.1) is 11.3 Å². The van der Waals surface area contributed by atoms with Gasteiger partial charge in [-0.1, -0.05) is 43.7 Å². The average Bonchev–Trinajstić information content (AvgIpc) is 3.05. The van der Waals surface area contributed by atoms with Crippen molar-refractivity contribution in [1.82, 2.24) is 5.32 Å². The van der Waals surface area contributed by atoms with Gasteiger partial charge in [0.2, 0.25) is 5.91 Å². The Morgan fingerprint density at radius 2 is 2.00 bits per heavy atom. The first kappa shape index (κ1) is 16.7. The van der Waals surface area contributed by atoms with Crippen LogP contribution in [-0.4, -0.2) is 11.9 Å². The van der Waals surface area contributed by atoms with E-state index in [4.69, 9.17) is 5.73 Å². The van der Waals surface area contributed by atoms with Gasteiger partial charge in [-0.3, -0.25) is 10.1 Å². The van der Waals surface area contributed by atoms with Crippen LogP contribution in [-0.2, 0) is 11.2 Å². The number of primary amides is 1. The molecular formula is C18H24N2OS. The quantitative estimate of drug-likeness (QED) is 0.781. The summed E-state index contributed by atoms with van der Waals surface area (Å²) in [6.07, 6.45) is 3.54. The Bertz CT molecular complexity index is 578. The summed E-state index contributed by atoms with van der Waals surface area (Å²) in [5.41, 5.74) is 7.92. The monoisotopic (exact) mass is 316 g/mol. The number of rotatable bonds is 8. The Hall–Kier alpha value is -1.65. The highest BCUT2D eigenvalue weighted by Crippen LogP contribution is 2.27. The van der Waals surface area contributed by atoms with E-state index in [2.05, 4.69) is 48.0 Å². The molecule has 2 rings (SSSR count). The molecule has 3 N–H and O–H groups in total. The van der Waals surface area contributed by atoms with Gasteiger partial charge in [0, 0.05) is 4.88 Å². The molecule has 1 aromatic heterocycles. The number of carbonyl (C=O) groups excluding carboxylic acids is 1. The highest BCUT2D eigenvalue weighted by Gasteiger charge is 2.19. The summed E-state index contributed by atoms with van der Waals surface area (Å²) in [6.45, 7) is 4.01. The molecule has 2 aromatic rings. The summed E-state index contributed by atoms with van der Waals surface area (Å²) in [5, 5.41) is 5.38. The van der Waals surface area contributed by atoms with Gasteiger partial charge in [0.25, 0.3) is 0 Å². The molecule has 4 heteroatoms. The minimum absolute atomic E-state index is 0.00252. The number of nitrogens with one attached hydrogen (secondary N) is 1.